The third-order valence-corrected chi connectivity index (χ3v) is 4.09. The van der Waals surface area contributed by atoms with Crippen molar-refractivity contribution in [3.8, 4) is 0 Å². The second kappa shape index (κ2) is 8.40. The normalized spacial score (nSPS) is 13.7. The van der Waals surface area contributed by atoms with Crippen molar-refractivity contribution in [1.29, 1.82) is 0 Å². The summed E-state index contributed by atoms with van der Waals surface area (Å²) in [6.45, 7) is 4.13. The van der Waals surface area contributed by atoms with E-state index in [1.54, 1.807) is 18.9 Å². The van der Waals surface area contributed by atoms with Gasteiger partial charge in [0, 0.05) is 0 Å². The highest BCUT2D eigenvalue weighted by molar-refractivity contribution is 6.06. The topological polar surface area (TPSA) is 59.1 Å². The SMILES string of the molecule is CCOC(=O)C1=C(C(=O)OCC)N(c2ccccc2)N(c2ccccc2)C1. The summed E-state index contributed by atoms with van der Waals surface area (Å²) in [6.07, 6.45) is 0. The van der Waals surface area contributed by atoms with Crippen molar-refractivity contribution in [2.24, 2.45) is 0 Å². The first-order valence-corrected chi connectivity index (χ1v) is 8.92. The summed E-state index contributed by atoms with van der Waals surface area (Å²) in [7, 11) is 0. The van der Waals surface area contributed by atoms with Gasteiger partial charge in [0.2, 0.25) is 0 Å². The van der Waals surface area contributed by atoms with Crippen molar-refractivity contribution in [3.63, 3.8) is 0 Å². The lowest BCUT2D eigenvalue weighted by Crippen LogP contribution is -2.40. The van der Waals surface area contributed by atoms with Gasteiger partial charge in [-0.1, -0.05) is 36.4 Å². The van der Waals surface area contributed by atoms with Crippen LogP contribution in [0.5, 0.6) is 0 Å². The number of anilines is 2. The fourth-order valence-electron chi connectivity index (χ4n) is 2.98. The van der Waals surface area contributed by atoms with Gasteiger partial charge in [0.15, 0.2) is 5.70 Å². The number of rotatable bonds is 6. The smallest absolute Gasteiger partial charge is 0.357 e. The van der Waals surface area contributed by atoms with Crippen molar-refractivity contribution < 1.29 is 19.1 Å². The zero-order valence-corrected chi connectivity index (χ0v) is 15.4. The maximum atomic E-state index is 12.8. The highest BCUT2D eigenvalue weighted by Crippen LogP contribution is 2.34. The second-order valence-corrected chi connectivity index (χ2v) is 5.81. The van der Waals surface area contributed by atoms with E-state index < -0.39 is 11.9 Å². The van der Waals surface area contributed by atoms with Gasteiger partial charge < -0.3 is 9.47 Å². The fourth-order valence-corrected chi connectivity index (χ4v) is 2.98. The number of esters is 2. The summed E-state index contributed by atoms with van der Waals surface area (Å²) in [6, 6.07) is 19.0. The summed E-state index contributed by atoms with van der Waals surface area (Å²) < 4.78 is 10.4. The molecule has 0 atom stereocenters. The molecule has 2 aromatic carbocycles. The highest BCUT2D eigenvalue weighted by atomic mass is 16.5. The van der Waals surface area contributed by atoms with Crippen LogP contribution in [0.4, 0.5) is 11.4 Å². The van der Waals surface area contributed by atoms with Crippen molar-refractivity contribution in [2.45, 2.75) is 13.8 Å². The van der Waals surface area contributed by atoms with Crippen molar-refractivity contribution in [3.05, 3.63) is 71.9 Å². The first kappa shape index (κ1) is 18.5. The fraction of sp³-hybridized carbons (Fsp3) is 0.238. The molecule has 0 fully saturated rings. The first-order valence-electron chi connectivity index (χ1n) is 8.92. The highest BCUT2D eigenvalue weighted by Gasteiger charge is 2.40. The van der Waals surface area contributed by atoms with Crippen LogP contribution in [0.25, 0.3) is 0 Å². The molecule has 0 unspecified atom stereocenters. The van der Waals surface area contributed by atoms with Crippen LogP contribution in [0, 0.1) is 0 Å². The Morgan fingerprint density at radius 2 is 1.33 bits per heavy atom. The van der Waals surface area contributed by atoms with Crippen LogP contribution in [0.2, 0.25) is 0 Å². The largest absolute Gasteiger partial charge is 0.463 e. The van der Waals surface area contributed by atoms with Gasteiger partial charge in [-0.25, -0.2) is 14.6 Å². The molecule has 0 radical (unpaired) electrons. The Hall–Kier alpha value is -3.28. The molecule has 0 saturated heterocycles. The lowest BCUT2D eigenvalue weighted by molar-refractivity contribution is -0.141. The molecule has 140 valence electrons. The summed E-state index contributed by atoms with van der Waals surface area (Å²) in [5, 5.41) is 3.59. The molecule has 3 rings (SSSR count). The Morgan fingerprint density at radius 1 is 0.815 bits per heavy atom. The number of hydrogen-bond acceptors (Lipinski definition) is 6. The summed E-state index contributed by atoms with van der Waals surface area (Å²) >= 11 is 0. The third-order valence-electron chi connectivity index (χ3n) is 4.09. The molecule has 6 nitrogen and oxygen atoms in total. The molecular weight excluding hydrogens is 344 g/mol. The van der Waals surface area contributed by atoms with E-state index in [-0.39, 0.29) is 31.0 Å². The van der Waals surface area contributed by atoms with Gasteiger partial charge in [-0.2, -0.15) is 0 Å². The number of hydrazine groups is 1. The molecule has 2 aromatic rings. The molecule has 0 aliphatic carbocycles. The Bertz CT molecular complexity index is 834. The van der Waals surface area contributed by atoms with Gasteiger partial charge in [0.05, 0.1) is 36.7 Å². The van der Waals surface area contributed by atoms with Crippen molar-refractivity contribution in [1.82, 2.24) is 0 Å². The molecule has 0 aromatic heterocycles. The van der Waals surface area contributed by atoms with Gasteiger partial charge in [0.1, 0.15) is 0 Å². The average Bonchev–Trinajstić information content (AvgIpc) is 3.10. The predicted octanol–water partition coefficient (Wildman–Crippen LogP) is 3.31. The zero-order valence-electron chi connectivity index (χ0n) is 15.4. The van der Waals surface area contributed by atoms with E-state index in [0.717, 1.165) is 11.4 Å². The Balaban J connectivity index is 2.14. The second-order valence-electron chi connectivity index (χ2n) is 5.81. The van der Waals surface area contributed by atoms with Crippen LogP contribution < -0.4 is 10.0 Å². The monoisotopic (exact) mass is 366 g/mol. The van der Waals surface area contributed by atoms with E-state index in [0.29, 0.717) is 0 Å². The number of para-hydroxylation sites is 2. The van der Waals surface area contributed by atoms with Crippen LogP contribution in [-0.2, 0) is 19.1 Å². The first-order chi connectivity index (χ1) is 13.2. The van der Waals surface area contributed by atoms with Crippen LogP contribution in [0.3, 0.4) is 0 Å². The molecule has 27 heavy (non-hydrogen) atoms. The molecular formula is C21H22N2O4. The Morgan fingerprint density at radius 3 is 1.89 bits per heavy atom. The van der Waals surface area contributed by atoms with Gasteiger partial charge >= 0.3 is 11.9 Å². The molecule has 0 amide bonds. The zero-order chi connectivity index (χ0) is 19.2. The van der Waals surface area contributed by atoms with Crippen LogP contribution in [-0.4, -0.2) is 31.7 Å². The molecule has 0 spiro atoms. The summed E-state index contributed by atoms with van der Waals surface area (Å²) in [4.78, 5) is 25.3. The molecule has 0 N–H and O–H groups in total. The van der Waals surface area contributed by atoms with E-state index in [1.807, 2.05) is 65.7 Å². The van der Waals surface area contributed by atoms with E-state index in [4.69, 9.17) is 9.47 Å². The lowest BCUT2D eigenvalue weighted by Gasteiger charge is -2.33. The number of carbonyl (C=O) groups excluding carboxylic acids is 2. The number of nitrogens with zero attached hydrogens (tertiary/aromatic N) is 2. The lowest BCUT2D eigenvalue weighted by atomic mass is 10.2. The standard InChI is InChI=1S/C21H22N2O4/c1-3-26-20(24)18-15-22(16-11-7-5-8-12-16)23(17-13-9-6-10-14-17)19(18)21(25)27-4-2/h5-14H,3-4,15H2,1-2H3. The molecule has 1 heterocycles. The molecule has 6 heteroatoms. The van der Waals surface area contributed by atoms with E-state index in [9.17, 15) is 9.59 Å². The van der Waals surface area contributed by atoms with Gasteiger partial charge in [-0.15, -0.1) is 0 Å². The summed E-state index contributed by atoms with van der Waals surface area (Å²) in [5.41, 5.74) is 2.07. The predicted molar refractivity (Wildman–Crippen MR) is 103 cm³/mol. The molecule has 1 aliphatic rings. The maximum Gasteiger partial charge on any atom is 0.357 e. The molecule has 1 aliphatic heterocycles. The van der Waals surface area contributed by atoms with Gasteiger partial charge in [0.25, 0.3) is 0 Å². The van der Waals surface area contributed by atoms with E-state index >= 15 is 0 Å². The average molecular weight is 366 g/mol. The Labute approximate surface area is 158 Å². The van der Waals surface area contributed by atoms with Gasteiger partial charge in [-0.3, -0.25) is 5.01 Å². The summed E-state index contributed by atoms with van der Waals surface area (Å²) in [5.74, 6) is -1.07. The van der Waals surface area contributed by atoms with Crippen molar-refractivity contribution >= 4 is 23.3 Å². The molecule has 0 bridgehead atoms. The molecule has 0 saturated carbocycles. The number of ether oxygens (including phenoxy) is 2. The van der Waals surface area contributed by atoms with Crippen LogP contribution >= 0.6 is 0 Å². The minimum absolute atomic E-state index is 0.186. The number of carbonyl (C=O) groups is 2. The van der Waals surface area contributed by atoms with Crippen molar-refractivity contribution in [2.75, 3.05) is 29.8 Å². The van der Waals surface area contributed by atoms with E-state index in [2.05, 4.69) is 0 Å². The van der Waals surface area contributed by atoms with Crippen LogP contribution in [0.1, 0.15) is 13.8 Å². The maximum absolute atomic E-state index is 12.8. The number of hydrogen-bond donors (Lipinski definition) is 0. The minimum atomic E-state index is -0.553. The van der Waals surface area contributed by atoms with E-state index in [1.165, 1.54) is 0 Å². The Kier molecular flexibility index (Phi) is 5.76. The quantitative estimate of drug-likeness (QED) is 0.731. The third kappa shape index (κ3) is 3.79. The van der Waals surface area contributed by atoms with Gasteiger partial charge in [-0.05, 0) is 38.1 Å². The number of benzene rings is 2. The minimum Gasteiger partial charge on any atom is -0.463 e. The van der Waals surface area contributed by atoms with Crippen LogP contribution in [0.15, 0.2) is 71.9 Å².